The van der Waals surface area contributed by atoms with Gasteiger partial charge in [-0.2, -0.15) is 18.2 Å². The zero-order chi connectivity index (χ0) is 11.5. The minimum Gasteiger partial charge on any atom is -0.481 e. The van der Waals surface area contributed by atoms with Gasteiger partial charge in [0.25, 0.3) is 0 Å². The Kier molecular flexibility index (Phi) is 3.23. The number of hydrogen-bond acceptors (Lipinski definition) is 4. The van der Waals surface area contributed by atoms with Gasteiger partial charge in [0.1, 0.15) is 6.54 Å². The van der Waals surface area contributed by atoms with E-state index in [2.05, 4.69) is 10.3 Å². The van der Waals surface area contributed by atoms with Gasteiger partial charge < -0.3 is 15.8 Å². The second-order valence-electron chi connectivity index (χ2n) is 2.76. The molecule has 0 aliphatic rings. The van der Waals surface area contributed by atoms with Gasteiger partial charge in [-0.05, 0) is 6.07 Å². The Balaban J connectivity index is 2.75. The van der Waals surface area contributed by atoms with Crippen molar-refractivity contribution in [2.24, 2.45) is 0 Å². The number of nitrogen functional groups attached to an aromatic ring is 1. The molecule has 0 spiro atoms. The summed E-state index contributed by atoms with van der Waals surface area (Å²) in [5.74, 6) is 0.167. The van der Waals surface area contributed by atoms with Gasteiger partial charge >= 0.3 is 6.18 Å². The quantitative estimate of drug-likeness (QED) is 0.814. The first-order valence-corrected chi connectivity index (χ1v) is 4.03. The van der Waals surface area contributed by atoms with E-state index in [0.29, 0.717) is 0 Å². The molecule has 0 atom stereocenters. The topological polar surface area (TPSA) is 60.2 Å². The van der Waals surface area contributed by atoms with Crippen LogP contribution in [0.3, 0.4) is 0 Å². The standard InChI is InChI=1S/C8H10F3N3O/c1-15-6-3-2-5(12)7(14-6)13-4-8(9,10)11/h2-3H,4,12H2,1H3,(H,13,14). The van der Waals surface area contributed by atoms with Crippen molar-refractivity contribution in [1.82, 2.24) is 4.98 Å². The lowest BCUT2D eigenvalue weighted by atomic mass is 10.4. The molecule has 15 heavy (non-hydrogen) atoms. The number of methoxy groups -OCH3 is 1. The number of ether oxygens (including phenoxy) is 1. The minimum atomic E-state index is -4.31. The maximum absolute atomic E-state index is 11.9. The third-order valence-electron chi connectivity index (χ3n) is 1.57. The lowest BCUT2D eigenvalue weighted by Gasteiger charge is -2.11. The summed E-state index contributed by atoms with van der Waals surface area (Å²) in [6.45, 7) is -1.18. The SMILES string of the molecule is COc1ccc(N)c(NCC(F)(F)F)n1. The molecular weight excluding hydrogens is 211 g/mol. The van der Waals surface area contributed by atoms with Crippen molar-refractivity contribution in [3.63, 3.8) is 0 Å². The van der Waals surface area contributed by atoms with Crippen molar-refractivity contribution < 1.29 is 17.9 Å². The minimum absolute atomic E-state index is 0.0355. The monoisotopic (exact) mass is 221 g/mol. The molecule has 1 aromatic rings. The maximum atomic E-state index is 11.9. The Hall–Kier alpha value is -1.66. The fourth-order valence-corrected chi connectivity index (χ4v) is 0.891. The highest BCUT2D eigenvalue weighted by atomic mass is 19.4. The van der Waals surface area contributed by atoms with Crippen molar-refractivity contribution in [2.45, 2.75) is 6.18 Å². The molecule has 0 saturated carbocycles. The summed E-state index contributed by atoms with van der Waals surface area (Å²) in [5.41, 5.74) is 5.56. The molecule has 1 aromatic heterocycles. The highest BCUT2D eigenvalue weighted by molar-refractivity contribution is 5.61. The Morgan fingerprint density at radius 1 is 1.47 bits per heavy atom. The van der Waals surface area contributed by atoms with Crippen molar-refractivity contribution >= 4 is 11.5 Å². The zero-order valence-electron chi connectivity index (χ0n) is 7.93. The van der Waals surface area contributed by atoms with Crippen molar-refractivity contribution in [1.29, 1.82) is 0 Å². The van der Waals surface area contributed by atoms with Crippen LogP contribution in [-0.2, 0) is 0 Å². The van der Waals surface area contributed by atoms with Crippen LogP contribution < -0.4 is 15.8 Å². The molecule has 84 valence electrons. The number of rotatable bonds is 3. The molecule has 4 nitrogen and oxygen atoms in total. The summed E-state index contributed by atoms with van der Waals surface area (Å²) in [5, 5.41) is 2.09. The summed E-state index contributed by atoms with van der Waals surface area (Å²) in [6, 6.07) is 2.89. The number of aromatic nitrogens is 1. The number of anilines is 2. The summed E-state index contributed by atoms with van der Waals surface area (Å²) < 4.78 is 40.4. The predicted molar refractivity (Wildman–Crippen MR) is 49.7 cm³/mol. The van der Waals surface area contributed by atoms with E-state index >= 15 is 0 Å². The van der Waals surface area contributed by atoms with Crippen LogP contribution >= 0.6 is 0 Å². The third-order valence-corrected chi connectivity index (χ3v) is 1.57. The largest absolute Gasteiger partial charge is 0.481 e. The Morgan fingerprint density at radius 3 is 2.67 bits per heavy atom. The Bertz CT molecular complexity index is 340. The van der Waals surface area contributed by atoms with E-state index in [9.17, 15) is 13.2 Å². The van der Waals surface area contributed by atoms with Crippen LogP contribution in [0.2, 0.25) is 0 Å². The van der Waals surface area contributed by atoms with E-state index in [1.165, 1.54) is 19.2 Å². The highest BCUT2D eigenvalue weighted by Gasteiger charge is 2.27. The number of alkyl halides is 3. The first-order valence-electron chi connectivity index (χ1n) is 4.03. The summed E-state index contributed by atoms with van der Waals surface area (Å²) in [4.78, 5) is 3.74. The van der Waals surface area contributed by atoms with Gasteiger partial charge in [-0.1, -0.05) is 0 Å². The number of nitrogens with two attached hydrogens (primary N) is 1. The average molecular weight is 221 g/mol. The highest BCUT2D eigenvalue weighted by Crippen LogP contribution is 2.21. The lowest BCUT2D eigenvalue weighted by Crippen LogP contribution is -2.22. The molecule has 1 rings (SSSR count). The molecule has 1 heterocycles. The molecule has 7 heteroatoms. The van der Waals surface area contributed by atoms with E-state index in [-0.39, 0.29) is 17.4 Å². The second-order valence-corrected chi connectivity index (χ2v) is 2.76. The molecule has 0 bridgehead atoms. The fraction of sp³-hybridized carbons (Fsp3) is 0.375. The second kappa shape index (κ2) is 4.24. The van der Waals surface area contributed by atoms with Crippen LogP contribution in [0.25, 0.3) is 0 Å². The summed E-state index contributed by atoms with van der Waals surface area (Å²) in [6.07, 6.45) is -4.31. The van der Waals surface area contributed by atoms with Crippen molar-refractivity contribution in [2.75, 3.05) is 24.7 Å². The van der Waals surface area contributed by atoms with Crippen LogP contribution in [-0.4, -0.2) is 24.8 Å². The van der Waals surface area contributed by atoms with E-state index in [0.717, 1.165) is 0 Å². The van der Waals surface area contributed by atoms with Crippen molar-refractivity contribution in [3.8, 4) is 5.88 Å². The zero-order valence-corrected chi connectivity index (χ0v) is 7.93. The van der Waals surface area contributed by atoms with Crippen LogP contribution in [0.15, 0.2) is 12.1 Å². The molecular formula is C8H10F3N3O. The number of nitrogens with one attached hydrogen (secondary N) is 1. The van der Waals surface area contributed by atoms with Crippen molar-refractivity contribution in [3.05, 3.63) is 12.1 Å². The van der Waals surface area contributed by atoms with Gasteiger partial charge in [-0.25, -0.2) is 0 Å². The van der Waals surface area contributed by atoms with E-state index in [1.54, 1.807) is 0 Å². The van der Waals surface area contributed by atoms with Crippen LogP contribution in [0.4, 0.5) is 24.7 Å². The Morgan fingerprint density at radius 2 is 2.13 bits per heavy atom. The first kappa shape index (κ1) is 11.4. The van der Waals surface area contributed by atoms with Crippen LogP contribution in [0.5, 0.6) is 5.88 Å². The van der Waals surface area contributed by atoms with Gasteiger partial charge in [0.15, 0.2) is 5.82 Å². The summed E-state index contributed by atoms with van der Waals surface area (Å²) >= 11 is 0. The van der Waals surface area contributed by atoms with E-state index in [1.807, 2.05) is 0 Å². The number of hydrogen-bond donors (Lipinski definition) is 2. The fourth-order valence-electron chi connectivity index (χ4n) is 0.891. The van der Waals surface area contributed by atoms with Gasteiger partial charge in [0.05, 0.1) is 12.8 Å². The van der Waals surface area contributed by atoms with Crippen LogP contribution in [0.1, 0.15) is 0 Å². The summed E-state index contributed by atoms with van der Waals surface area (Å²) in [7, 11) is 1.37. The molecule has 0 aliphatic carbocycles. The van der Waals surface area contributed by atoms with Gasteiger partial charge in [0, 0.05) is 6.07 Å². The van der Waals surface area contributed by atoms with E-state index in [4.69, 9.17) is 10.5 Å². The molecule has 0 fully saturated rings. The van der Waals surface area contributed by atoms with Gasteiger partial charge in [-0.15, -0.1) is 0 Å². The average Bonchev–Trinajstić information content (AvgIpc) is 2.15. The van der Waals surface area contributed by atoms with Gasteiger partial charge in [-0.3, -0.25) is 0 Å². The molecule has 0 aliphatic heterocycles. The number of nitrogens with zero attached hydrogens (tertiary/aromatic N) is 1. The van der Waals surface area contributed by atoms with Gasteiger partial charge in [0.2, 0.25) is 5.88 Å². The smallest absolute Gasteiger partial charge is 0.405 e. The lowest BCUT2D eigenvalue weighted by molar-refractivity contribution is -0.115. The molecule has 0 unspecified atom stereocenters. The molecule has 0 amide bonds. The van der Waals surface area contributed by atoms with E-state index < -0.39 is 12.7 Å². The molecule has 0 aromatic carbocycles. The number of pyridine rings is 1. The normalized spacial score (nSPS) is 11.2. The third kappa shape index (κ3) is 3.53. The first-order chi connectivity index (χ1) is 6.92. The molecule has 0 radical (unpaired) electrons. The number of halogens is 3. The molecule has 0 saturated heterocycles. The maximum Gasteiger partial charge on any atom is 0.405 e. The van der Waals surface area contributed by atoms with Crippen LogP contribution in [0, 0.1) is 0 Å². The molecule has 3 N–H and O–H groups in total. The predicted octanol–water partition coefficient (Wildman–Crippen LogP) is 1.65. The Labute approximate surface area is 84.2 Å².